The van der Waals surface area contributed by atoms with Gasteiger partial charge >= 0.3 is 0 Å². The Morgan fingerprint density at radius 2 is 1.63 bits per heavy atom. The second kappa shape index (κ2) is 5.62. The van der Waals surface area contributed by atoms with Crippen molar-refractivity contribution in [1.29, 1.82) is 0 Å². The van der Waals surface area contributed by atoms with E-state index < -0.39 is 0 Å². The minimum Gasteiger partial charge on any atom is -0.507 e. The number of thiol groups is 1. The molecule has 1 N–H and O–H groups in total. The molecule has 0 aliphatic carbocycles. The van der Waals surface area contributed by atoms with Crippen LogP contribution in [0.3, 0.4) is 0 Å². The molecular weight excluding hydrogens is 252 g/mol. The molecule has 106 valence electrons. The Bertz CT molecular complexity index is 473. The Labute approximate surface area is 123 Å². The van der Waals surface area contributed by atoms with Crippen LogP contribution in [0.4, 0.5) is 0 Å². The van der Waals surface area contributed by atoms with Crippen LogP contribution in [0.2, 0.25) is 0 Å². The van der Waals surface area contributed by atoms with Gasteiger partial charge in [0.25, 0.3) is 0 Å². The van der Waals surface area contributed by atoms with Crippen LogP contribution in [0.1, 0.15) is 58.2 Å². The highest BCUT2D eigenvalue weighted by Crippen LogP contribution is 2.38. The largest absolute Gasteiger partial charge is 0.507 e. The monoisotopic (exact) mass is 278 g/mol. The van der Waals surface area contributed by atoms with Gasteiger partial charge in [0.15, 0.2) is 0 Å². The van der Waals surface area contributed by atoms with Gasteiger partial charge in [0.2, 0.25) is 0 Å². The van der Waals surface area contributed by atoms with E-state index in [0.717, 1.165) is 11.1 Å². The zero-order valence-electron chi connectivity index (χ0n) is 12.9. The quantitative estimate of drug-likeness (QED) is 0.735. The topological polar surface area (TPSA) is 20.2 Å². The van der Waals surface area contributed by atoms with E-state index in [-0.39, 0.29) is 10.8 Å². The first kappa shape index (κ1) is 16.2. The number of aromatic hydroxyl groups is 1. The minimum absolute atomic E-state index is 0.0667. The summed E-state index contributed by atoms with van der Waals surface area (Å²) in [6, 6.07) is 4.21. The van der Waals surface area contributed by atoms with Crippen molar-refractivity contribution in [3.63, 3.8) is 0 Å². The van der Waals surface area contributed by atoms with Gasteiger partial charge in [0.1, 0.15) is 5.75 Å². The lowest BCUT2D eigenvalue weighted by Gasteiger charge is -2.27. The lowest BCUT2D eigenvalue weighted by Crippen LogP contribution is -2.17. The third-order valence-electron chi connectivity index (χ3n) is 3.22. The summed E-state index contributed by atoms with van der Waals surface area (Å²) >= 11 is 4.18. The van der Waals surface area contributed by atoms with Crippen molar-refractivity contribution in [2.45, 2.75) is 52.4 Å². The second-order valence-corrected chi connectivity index (χ2v) is 7.41. The number of hydrogen-bond acceptors (Lipinski definition) is 2. The zero-order valence-corrected chi connectivity index (χ0v) is 13.8. The molecule has 0 radical (unpaired) electrons. The maximum Gasteiger partial charge on any atom is 0.126 e. The summed E-state index contributed by atoms with van der Waals surface area (Å²) in [5, 5.41) is 10.5. The number of phenols is 1. The third kappa shape index (κ3) is 4.04. The van der Waals surface area contributed by atoms with Crippen molar-refractivity contribution in [1.82, 2.24) is 0 Å². The molecule has 1 aromatic carbocycles. The Morgan fingerprint density at radius 3 is 2.05 bits per heavy atom. The molecule has 1 rings (SSSR count). The molecule has 0 amide bonds. The average Bonchev–Trinajstić information content (AvgIpc) is 2.24. The lowest BCUT2D eigenvalue weighted by atomic mass is 9.79. The average molecular weight is 278 g/mol. The highest BCUT2D eigenvalue weighted by Gasteiger charge is 2.24. The van der Waals surface area contributed by atoms with Crippen LogP contribution in [0.15, 0.2) is 18.2 Å². The molecule has 0 saturated heterocycles. The molecule has 19 heavy (non-hydrogen) atoms. The Balaban J connectivity index is 3.52. The summed E-state index contributed by atoms with van der Waals surface area (Å²) in [5.74, 6) is 1.06. The molecule has 0 bridgehead atoms. The standard InChI is InChI=1S/C17H26OS/c1-16(2,3)13-10-12(8-7-9-19)15(18)14(11-13)17(4,5)6/h7-8,10-11,18-19H,9H2,1-6H3. The highest BCUT2D eigenvalue weighted by atomic mass is 32.1. The smallest absolute Gasteiger partial charge is 0.126 e. The summed E-state index contributed by atoms with van der Waals surface area (Å²) in [4.78, 5) is 0. The first-order valence-electron chi connectivity index (χ1n) is 6.72. The van der Waals surface area contributed by atoms with Crippen LogP contribution in [0, 0.1) is 0 Å². The van der Waals surface area contributed by atoms with Crippen molar-refractivity contribution in [3.05, 3.63) is 34.9 Å². The molecule has 0 aliphatic heterocycles. The van der Waals surface area contributed by atoms with E-state index in [4.69, 9.17) is 0 Å². The van der Waals surface area contributed by atoms with Gasteiger partial charge in [0.05, 0.1) is 0 Å². The molecule has 0 aliphatic rings. The minimum atomic E-state index is -0.0745. The Hall–Kier alpha value is -0.890. The summed E-state index contributed by atoms with van der Waals surface area (Å²) in [6.45, 7) is 13.0. The van der Waals surface area contributed by atoms with Gasteiger partial charge in [-0.05, 0) is 22.5 Å². The fraction of sp³-hybridized carbons (Fsp3) is 0.529. The van der Waals surface area contributed by atoms with Gasteiger partial charge in [-0.2, -0.15) is 12.6 Å². The summed E-state index contributed by atoms with van der Waals surface area (Å²) in [7, 11) is 0. The maximum absolute atomic E-state index is 10.5. The molecule has 1 nitrogen and oxygen atoms in total. The van der Waals surface area contributed by atoms with E-state index in [9.17, 15) is 5.11 Å². The van der Waals surface area contributed by atoms with Gasteiger partial charge in [-0.15, -0.1) is 0 Å². The summed E-state index contributed by atoms with van der Waals surface area (Å²) < 4.78 is 0. The SMILES string of the molecule is CC(C)(C)c1cc(C=CCS)c(O)c(C(C)(C)C)c1. The molecule has 0 fully saturated rings. The second-order valence-electron chi connectivity index (χ2n) is 7.05. The normalized spacial score (nSPS) is 13.2. The van der Waals surface area contributed by atoms with Crippen molar-refractivity contribution in [2.24, 2.45) is 0 Å². The van der Waals surface area contributed by atoms with Crippen LogP contribution in [-0.4, -0.2) is 10.9 Å². The number of rotatable bonds is 2. The fourth-order valence-corrected chi connectivity index (χ4v) is 2.07. The molecule has 0 heterocycles. The van der Waals surface area contributed by atoms with Gasteiger partial charge in [-0.25, -0.2) is 0 Å². The number of benzene rings is 1. The first-order chi connectivity index (χ1) is 8.57. The van der Waals surface area contributed by atoms with Gasteiger partial charge in [0, 0.05) is 16.9 Å². The van der Waals surface area contributed by atoms with E-state index in [1.54, 1.807) is 0 Å². The lowest BCUT2D eigenvalue weighted by molar-refractivity contribution is 0.443. The van der Waals surface area contributed by atoms with Crippen molar-refractivity contribution in [3.8, 4) is 5.75 Å². The van der Waals surface area contributed by atoms with Gasteiger partial charge < -0.3 is 5.11 Å². The van der Waals surface area contributed by atoms with Crippen LogP contribution in [0.25, 0.3) is 6.08 Å². The van der Waals surface area contributed by atoms with Crippen LogP contribution in [-0.2, 0) is 10.8 Å². The van der Waals surface area contributed by atoms with Crippen molar-refractivity contribution in [2.75, 3.05) is 5.75 Å². The molecule has 0 unspecified atom stereocenters. The van der Waals surface area contributed by atoms with E-state index in [0.29, 0.717) is 11.5 Å². The molecule has 0 atom stereocenters. The van der Waals surface area contributed by atoms with E-state index in [1.165, 1.54) is 5.56 Å². The summed E-state index contributed by atoms with van der Waals surface area (Å²) in [5.41, 5.74) is 3.12. The summed E-state index contributed by atoms with van der Waals surface area (Å²) in [6.07, 6.45) is 3.91. The maximum atomic E-state index is 10.5. The molecule has 0 spiro atoms. The van der Waals surface area contributed by atoms with Crippen molar-refractivity contribution < 1.29 is 5.11 Å². The van der Waals surface area contributed by atoms with E-state index >= 15 is 0 Å². The fourth-order valence-electron chi connectivity index (χ4n) is 1.97. The third-order valence-corrected chi connectivity index (χ3v) is 3.43. The molecule has 0 saturated carbocycles. The van der Waals surface area contributed by atoms with E-state index in [1.807, 2.05) is 12.2 Å². The van der Waals surface area contributed by atoms with Crippen molar-refractivity contribution >= 4 is 18.7 Å². The predicted molar refractivity (Wildman–Crippen MR) is 88.4 cm³/mol. The van der Waals surface area contributed by atoms with Crippen LogP contribution >= 0.6 is 12.6 Å². The first-order valence-corrected chi connectivity index (χ1v) is 7.36. The molecular formula is C17H26OS. The Kier molecular flexibility index (Phi) is 4.78. The van der Waals surface area contributed by atoms with E-state index in [2.05, 4.69) is 66.3 Å². The molecule has 1 aromatic rings. The predicted octanol–water partition coefficient (Wildman–Crippen LogP) is 4.93. The molecule has 2 heteroatoms. The number of hydrogen-bond donors (Lipinski definition) is 2. The Morgan fingerprint density at radius 1 is 1.05 bits per heavy atom. The van der Waals surface area contributed by atoms with Gasteiger partial charge in [-0.1, -0.05) is 59.8 Å². The van der Waals surface area contributed by atoms with Crippen LogP contribution < -0.4 is 0 Å². The van der Waals surface area contributed by atoms with Crippen LogP contribution in [0.5, 0.6) is 5.75 Å². The van der Waals surface area contributed by atoms with Gasteiger partial charge in [-0.3, -0.25) is 0 Å². The number of phenolic OH excluding ortho intramolecular Hbond substituents is 1. The highest BCUT2D eigenvalue weighted by molar-refractivity contribution is 7.80. The zero-order chi connectivity index (χ0) is 14.8. The molecule has 0 aromatic heterocycles.